The molecule has 3 saturated heterocycles. The first-order valence-corrected chi connectivity index (χ1v) is 15.0. The van der Waals surface area contributed by atoms with Crippen molar-refractivity contribution < 1.29 is 28.5 Å². The molecule has 3 aliphatic heterocycles. The summed E-state index contributed by atoms with van der Waals surface area (Å²) in [7, 11) is 1.66. The maximum absolute atomic E-state index is 13.4. The van der Waals surface area contributed by atoms with Gasteiger partial charge in [-0.2, -0.15) is 0 Å². The van der Waals surface area contributed by atoms with Crippen LogP contribution in [-0.2, 0) is 30.3 Å². The SMILES string of the molecule is CO[C@@H]1[C@H](OC(=O)NC(C)(C)C(=O)N2CCN(Cc3ccccc3)CC2)CC[C@]2(CO2)[C@H]1[C@@]1(C)O[C@@H]1CC=C(C)C. The van der Waals surface area contributed by atoms with Crippen LogP contribution in [-0.4, -0.2) is 96.7 Å². The van der Waals surface area contributed by atoms with Gasteiger partial charge in [-0.15, -0.1) is 0 Å². The molecular formula is C32H47N3O6. The molecular weight excluding hydrogens is 522 g/mol. The third-order valence-corrected chi connectivity index (χ3v) is 9.35. The Morgan fingerprint density at radius 1 is 1.15 bits per heavy atom. The van der Waals surface area contributed by atoms with Crippen LogP contribution in [0.3, 0.4) is 0 Å². The largest absolute Gasteiger partial charge is 0.443 e. The predicted octanol–water partition coefficient (Wildman–Crippen LogP) is 3.91. The number of rotatable bonds is 9. The molecule has 1 aromatic rings. The zero-order valence-corrected chi connectivity index (χ0v) is 25.5. The number of allylic oxidation sites excluding steroid dienone is 1. The molecule has 4 aliphatic rings. The number of piperazine rings is 1. The summed E-state index contributed by atoms with van der Waals surface area (Å²) in [6.07, 6.45) is 3.10. The van der Waals surface area contributed by atoms with E-state index in [1.165, 1.54) is 11.1 Å². The molecule has 9 heteroatoms. The molecule has 0 radical (unpaired) electrons. The minimum absolute atomic E-state index is 0.0519. The van der Waals surface area contributed by atoms with E-state index >= 15 is 0 Å². The lowest BCUT2D eigenvalue weighted by molar-refractivity contribution is -0.139. The number of methoxy groups -OCH3 is 1. The third kappa shape index (κ3) is 6.48. The molecule has 2 amide bonds. The summed E-state index contributed by atoms with van der Waals surface area (Å²) in [5.74, 6) is -0.158. The van der Waals surface area contributed by atoms with Crippen LogP contribution in [0.1, 0.15) is 59.4 Å². The molecule has 9 nitrogen and oxygen atoms in total. The summed E-state index contributed by atoms with van der Waals surface area (Å²) in [5.41, 5.74) is 0.734. The number of alkyl carbamates (subject to hydrolysis) is 1. The summed E-state index contributed by atoms with van der Waals surface area (Å²) in [5, 5.41) is 2.85. The highest BCUT2D eigenvalue weighted by atomic mass is 16.6. The fourth-order valence-electron chi connectivity index (χ4n) is 6.89. The molecule has 3 heterocycles. The first-order chi connectivity index (χ1) is 19.5. The van der Waals surface area contributed by atoms with Gasteiger partial charge in [-0.05, 0) is 59.4 Å². The topological polar surface area (TPSA) is 96.2 Å². The summed E-state index contributed by atoms with van der Waals surface area (Å²) >= 11 is 0. The van der Waals surface area contributed by atoms with E-state index in [0.29, 0.717) is 26.1 Å². The van der Waals surface area contributed by atoms with Gasteiger partial charge in [0.25, 0.3) is 0 Å². The van der Waals surface area contributed by atoms with Gasteiger partial charge in [-0.3, -0.25) is 9.69 Å². The van der Waals surface area contributed by atoms with Crippen molar-refractivity contribution in [3.63, 3.8) is 0 Å². The van der Waals surface area contributed by atoms with Gasteiger partial charge in [-0.25, -0.2) is 4.79 Å². The van der Waals surface area contributed by atoms with Crippen molar-refractivity contribution in [3.8, 4) is 0 Å². The second-order valence-electron chi connectivity index (χ2n) is 13.1. The summed E-state index contributed by atoms with van der Waals surface area (Å²) < 4.78 is 24.3. The smallest absolute Gasteiger partial charge is 0.408 e. The van der Waals surface area contributed by atoms with Crippen LogP contribution in [0.4, 0.5) is 4.79 Å². The predicted molar refractivity (Wildman–Crippen MR) is 155 cm³/mol. The van der Waals surface area contributed by atoms with Crippen LogP contribution in [0.2, 0.25) is 0 Å². The maximum atomic E-state index is 13.4. The molecule has 1 aromatic carbocycles. The second-order valence-corrected chi connectivity index (χ2v) is 13.1. The van der Waals surface area contributed by atoms with E-state index in [2.05, 4.69) is 49.2 Å². The van der Waals surface area contributed by atoms with Crippen LogP contribution in [0.25, 0.3) is 0 Å². The third-order valence-electron chi connectivity index (χ3n) is 9.35. The van der Waals surface area contributed by atoms with Gasteiger partial charge in [0.2, 0.25) is 5.91 Å². The Kier molecular flexibility index (Phi) is 8.54. The highest BCUT2D eigenvalue weighted by molar-refractivity contribution is 5.89. The van der Waals surface area contributed by atoms with Gasteiger partial charge in [0.05, 0.1) is 18.6 Å². The lowest BCUT2D eigenvalue weighted by Crippen LogP contribution is -2.61. The zero-order chi connectivity index (χ0) is 29.4. The number of epoxide rings is 2. The van der Waals surface area contributed by atoms with E-state index in [-0.39, 0.29) is 29.6 Å². The minimum Gasteiger partial charge on any atom is -0.443 e. The first-order valence-electron chi connectivity index (χ1n) is 15.0. The highest BCUT2D eigenvalue weighted by Crippen LogP contribution is 2.59. The number of carbonyl (C=O) groups is 2. The van der Waals surface area contributed by atoms with Gasteiger partial charge >= 0.3 is 6.09 Å². The van der Waals surface area contributed by atoms with E-state index in [0.717, 1.165) is 32.5 Å². The van der Waals surface area contributed by atoms with E-state index in [9.17, 15) is 9.59 Å². The van der Waals surface area contributed by atoms with Crippen molar-refractivity contribution in [3.05, 3.63) is 47.5 Å². The number of hydrogen-bond donors (Lipinski definition) is 1. The molecule has 1 saturated carbocycles. The van der Waals surface area contributed by atoms with Gasteiger partial charge in [0.1, 0.15) is 28.9 Å². The van der Waals surface area contributed by atoms with Crippen molar-refractivity contribution in [2.45, 2.75) is 95.5 Å². The normalized spacial score (nSPS) is 33.3. The Bertz CT molecular complexity index is 1120. The number of benzene rings is 1. The number of hydrogen-bond acceptors (Lipinski definition) is 7. The van der Waals surface area contributed by atoms with Crippen LogP contribution < -0.4 is 5.32 Å². The van der Waals surface area contributed by atoms with Crippen molar-refractivity contribution in [1.82, 2.24) is 15.1 Å². The van der Waals surface area contributed by atoms with E-state index < -0.39 is 23.3 Å². The van der Waals surface area contributed by atoms with Crippen LogP contribution >= 0.6 is 0 Å². The van der Waals surface area contributed by atoms with Gasteiger partial charge in [-0.1, -0.05) is 42.0 Å². The Morgan fingerprint density at radius 3 is 2.44 bits per heavy atom. The molecule has 41 heavy (non-hydrogen) atoms. The molecule has 0 unspecified atom stereocenters. The lowest BCUT2D eigenvalue weighted by Gasteiger charge is -2.43. The minimum atomic E-state index is -1.10. The molecule has 0 aromatic heterocycles. The van der Waals surface area contributed by atoms with Gasteiger partial charge < -0.3 is 29.2 Å². The molecule has 4 fully saturated rings. The molecule has 1 N–H and O–H groups in total. The molecule has 1 aliphatic carbocycles. The summed E-state index contributed by atoms with van der Waals surface area (Å²) in [6, 6.07) is 10.4. The Hall–Kier alpha value is -2.46. The Labute approximate surface area is 244 Å². The molecule has 6 atom stereocenters. The number of carbonyl (C=O) groups excluding carboxylic acids is 2. The standard InChI is InChI=1S/C32H47N3O6/c1-22(2)12-13-25-31(5,41-25)27-26(38-6)24(14-15-32(27)21-39-32)40-29(37)33-30(3,4)28(36)35-18-16-34(17-19-35)20-23-10-8-7-9-11-23/h7-12,24-27H,13-21H2,1-6H3,(H,33,37)/t24-,25-,26-,27-,31+,32+/m1/s1. The highest BCUT2D eigenvalue weighted by Gasteiger charge is 2.72. The van der Waals surface area contributed by atoms with Crippen molar-refractivity contribution in [2.24, 2.45) is 5.92 Å². The quantitative estimate of drug-likeness (QED) is 0.356. The molecule has 5 rings (SSSR count). The molecule has 0 bridgehead atoms. The summed E-state index contributed by atoms with van der Waals surface area (Å²) in [6.45, 7) is 14.1. The van der Waals surface area contributed by atoms with Crippen LogP contribution in [0.15, 0.2) is 42.0 Å². The summed E-state index contributed by atoms with van der Waals surface area (Å²) in [4.78, 5) is 30.8. The monoisotopic (exact) mass is 569 g/mol. The van der Waals surface area contributed by atoms with Gasteiger partial charge in [0, 0.05) is 39.8 Å². The van der Waals surface area contributed by atoms with E-state index in [1.807, 2.05) is 23.1 Å². The first kappa shape index (κ1) is 30.0. The van der Waals surface area contributed by atoms with Crippen LogP contribution in [0.5, 0.6) is 0 Å². The number of ether oxygens (including phenoxy) is 4. The van der Waals surface area contributed by atoms with Gasteiger partial charge in [0.15, 0.2) is 0 Å². The van der Waals surface area contributed by atoms with Crippen LogP contribution in [0, 0.1) is 5.92 Å². The second kappa shape index (κ2) is 11.7. The maximum Gasteiger partial charge on any atom is 0.408 e. The lowest BCUT2D eigenvalue weighted by atomic mass is 9.68. The van der Waals surface area contributed by atoms with E-state index in [1.54, 1.807) is 21.0 Å². The average molecular weight is 570 g/mol. The van der Waals surface area contributed by atoms with Crippen molar-refractivity contribution >= 4 is 12.0 Å². The van der Waals surface area contributed by atoms with Crippen molar-refractivity contribution in [2.75, 3.05) is 39.9 Å². The zero-order valence-electron chi connectivity index (χ0n) is 25.5. The number of nitrogens with one attached hydrogen (secondary N) is 1. The fraction of sp³-hybridized carbons (Fsp3) is 0.688. The Morgan fingerprint density at radius 2 is 1.83 bits per heavy atom. The van der Waals surface area contributed by atoms with E-state index in [4.69, 9.17) is 18.9 Å². The van der Waals surface area contributed by atoms with Crippen molar-refractivity contribution in [1.29, 1.82) is 0 Å². The Balaban J connectivity index is 1.16. The number of amides is 2. The molecule has 1 spiro atoms. The molecule has 226 valence electrons. The fourth-order valence-corrected chi connectivity index (χ4v) is 6.89. The number of nitrogens with zero attached hydrogens (tertiary/aromatic N) is 2. The average Bonchev–Trinajstić information content (AvgIpc) is 3.85.